The Kier molecular flexibility index (Phi) is 4.62. The summed E-state index contributed by atoms with van der Waals surface area (Å²) in [6.45, 7) is 0.289. The van der Waals surface area contributed by atoms with Gasteiger partial charge in [-0.15, -0.1) is 0 Å². The molecular weight excluding hydrogens is 330 g/mol. The first-order valence-corrected chi connectivity index (χ1v) is 7.66. The maximum Gasteiger partial charge on any atom is 0.287 e. The second-order valence-electron chi connectivity index (χ2n) is 5.15. The van der Waals surface area contributed by atoms with Crippen molar-refractivity contribution in [3.63, 3.8) is 0 Å². The Morgan fingerprint density at radius 2 is 1.96 bits per heavy atom. The molecule has 0 saturated heterocycles. The lowest BCUT2D eigenvalue weighted by Gasteiger charge is -2.10. The zero-order chi connectivity index (χ0) is 17.1. The second kappa shape index (κ2) is 6.84. The standard InChI is InChI=1S/C18H16ClNO4/c1-22-14-4-6-15(23-2)12(8-14)10-20-18(21)17-9-11-7-13(19)3-5-16(11)24-17/h3-9H,10H2,1-2H3,(H,20,21). The molecule has 24 heavy (non-hydrogen) atoms. The lowest BCUT2D eigenvalue weighted by Crippen LogP contribution is -2.22. The molecule has 3 aromatic rings. The van der Waals surface area contributed by atoms with Crippen molar-refractivity contribution in [3.05, 3.63) is 58.8 Å². The van der Waals surface area contributed by atoms with E-state index in [0.29, 0.717) is 22.1 Å². The van der Waals surface area contributed by atoms with Gasteiger partial charge in [0.05, 0.1) is 14.2 Å². The van der Waals surface area contributed by atoms with Crippen LogP contribution in [0.3, 0.4) is 0 Å². The van der Waals surface area contributed by atoms with Crippen molar-refractivity contribution in [2.24, 2.45) is 0 Å². The van der Waals surface area contributed by atoms with Crippen LogP contribution in [0, 0.1) is 0 Å². The highest BCUT2D eigenvalue weighted by Gasteiger charge is 2.13. The maximum absolute atomic E-state index is 12.3. The van der Waals surface area contributed by atoms with E-state index in [1.165, 1.54) is 0 Å². The van der Waals surface area contributed by atoms with Gasteiger partial charge in [-0.05, 0) is 42.5 Å². The number of hydrogen-bond donors (Lipinski definition) is 1. The smallest absolute Gasteiger partial charge is 0.287 e. The molecule has 1 N–H and O–H groups in total. The minimum atomic E-state index is -0.313. The molecule has 6 heteroatoms. The highest BCUT2D eigenvalue weighted by atomic mass is 35.5. The van der Waals surface area contributed by atoms with Gasteiger partial charge in [-0.25, -0.2) is 0 Å². The van der Waals surface area contributed by atoms with Crippen LogP contribution in [0.5, 0.6) is 11.5 Å². The molecule has 0 fully saturated rings. The highest BCUT2D eigenvalue weighted by Crippen LogP contribution is 2.25. The van der Waals surface area contributed by atoms with Crippen LogP contribution in [0.1, 0.15) is 16.1 Å². The fraction of sp³-hybridized carbons (Fsp3) is 0.167. The van der Waals surface area contributed by atoms with Crippen LogP contribution < -0.4 is 14.8 Å². The fourth-order valence-corrected chi connectivity index (χ4v) is 2.59. The second-order valence-corrected chi connectivity index (χ2v) is 5.59. The van der Waals surface area contributed by atoms with Gasteiger partial charge in [0.15, 0.2) is 5.76 Å². The van der Waals surface area contributed by atoms with E-state index in [-0.39, 0.29) is 18.2 Å². The molecule has 1 heterocycles. The number of ether oxygens (including phenoxy) is 2. The maximum atomic E-state index is 12.3. The van der Waals surface area contributed by atoms with E-state index in [2.05, 4.69) is 5.32 Å². The first kappa shape index (κ1) is 16.2. The number of fused-ring (bicyclic) bond motifs is 1. The van der Waals surface area contributed by atoms with E-state index in [1.54, 1.807) is 50.6 Å². The largest absolute Gasteiger partial charge is 0.497 e. The Balaban J connectivity index is 1.77. The third-order valence-electron chi connectivity index (χ3n) is 3.63. The lowest BCUT2D eigenvalue weighted by atomic mass is 10.2. The predicted molar refractivity (Wildman–Crippen MR) is 91.9 cm³/mol. The Morgan fingerprint density at radius 3 is 2.71 bits per heavy atom. The first-order valence-electron chi connectivity index (χ1n) is 7.29. The van der Waals surface area contributed by atoms with Gasteiger partial charge in [-0.2, -0.15) is 0 Å². The van der Waals surface area contributed by atoms with Gasteiger partial charge in [0.1, 0.15) is 17.1 Å². The zero-order valence-electron chi connectivity index (χ0n) is 13.3. The molecule has 0 aliphatic carbocycles. The number of amides is 1. The summed E-state index contributed by atoms with van der Waals surface area (Å²) in [7, 11) is 3.17. The molecule has 0 unspecified atom stereocenters. The van der Waals surface area contributed by atoms with Crippen LogP contribution >= 0.6 is 11.6 Å². The number of halogens is 1. The van der Waals surface area contributed by atoms with E-state index < -0.39 is 0 Å². The molecule has 0 aliphatic heterocycles. The third kappa shape index (κ3) is 3.31. The average molecular weight is 346 g/mol. The quantitative estimate of drug-likeness (QED) is 0.758. The number of methoxy groups -OCH3 is 2. The molecule has 0 aliphatic rings. The van der Waals surface area contributed by atoms with Gasteiger partial charge < -0.3 is 19.2 Å². The van der Waals surface area contributed by atoms with Crippen LogP contribution in [0.2, 0.25) is 5.02 Å². The molecule has 0 atom stereocenters. The first-order chi connectivity index (χ1) is 11.6. The molecular formula is C18H16ClNO4. The van der Waals surface area contributed by atoms with Crippen molar-refractivity contribution in [1.82, 2.24) is 5.32 Å². The fourth-order valence-electron chi connectivity index (χ4n) is 2.41. The number of carbonyl (C=O) groups excluding carboxylic acids is 1. The predicted octanol–water partition coefficient (Wildman–Crippen LogP) is 4.03. The number of hydrogen-bond acceptors (Lipinski definition) is 4. The van der Waals surface area contributed by atoms with Gasteiger partial charge in [0.2, 0.25) is 0 Å². The molecule has 1 amide bonds. The normalized spacial score (nSPS) is 10.6. The van der Waals surface area contributed by atoms with Gasteiger partial charge in [0.25, 0.3) is 5.91 Å². The zero-order valence-corrected chi connectivity index (χ0v) is 14.0. The van der Waals surface area contributed by atoms with Crippen LogP contribution in [0.4, 0.5) is 0 Å². The van der Waals surface area contributed by atoms with E-state index in [0.717, 1.165) is 10.9 Å². The van der Waals surface area contributed by atoms with Crippen molar-refractivity contribution in [1.29, 1.82) is 0 Å². The molecule has 0 bridgehead atoms. The Bertz CT molecular complexity index is 888. The van der Waals surface area contributed by atoms with Crippen LogP contribution in [0.15, 0.2) is 46.9 Å². The van der Waals surface area contributed by atoms with Crippen LogP contribution in [-0.2, 0) is 6.54 Å². The molecule has 5 nitrogen and oxygen atoms in total. The Hall–Kier alpha value is -2.66. The van der Waals surface area contributed by atoms with Gasteiger partial charge in [0, 0.05) is 22.5 Å². The Morgan fingerprint density at radius 1 is 1.12 bits per heavy atom. The molecule has 2 aromatic carbocycles. The summed E-state index contributed by atoms with van der Waals surface area (Å²) < 4.78 is 16.0. The van der Waals surface area contributed by atoms with E-state index in [9.17, 15) is 4.79 Å². The number of rotatable bonds is 5. The number of carbonyl (C=O) groups is 1. The van der Waals surface area contributed by atoms with Crippen molar-refractivity contribution < 1.29 is 18.7 Å². The van der Waals surface area contributed by atoms with Gasteiger partial charge in [-0.3, -0.25) is 4.79 Å². The van der Waals surface area contributed by atoms with Crippen molar-refractivity contribution >= 4 is 28.5 Å². The van der Waals surface area contributed by atoms with Crippen molar-refractivity contribution in [2.75, 3.05) is 14.2 Å². The summed E-state index contributed by atoms with van der Waals surface area (Å²) in [5.41, 5.74) is 1.42. The van der Waals surface area contributed by atoms with Crippen molar-refractivity contribution in [2.45, 2.75) is 6.54 Å². The van der Waals surface area contributed by atoms with Crippen LogP contribution in [-0.4, -0.2) is 20.1 Å². The molecule has 3 rings (SSSR count). The lowest BCUT2D eigenvalue weighted by molar-refractivity contribution is 0.0925. The average Bonchev–Trinajstić information content (AvgIpc) is 3.02. The summed E-state index contributed by atoms with van der Waals surface area (Å²) in [6, 6.07) is 12.3. The summed E-state index contributed by atoms with van der Waals surface area (Å²) in [6.07, 6.45) is 0. The topological polar surface area (TPSA) is 60.7 Å². The molecule has 0 spiro atoms. The molecule has 124 valence electrons. The SMILES string of the molecule is COc1ccc(OC)c(CNC(=O)c2cc3cc(Cl)ccc3o2)c1. The van der Waals surface area contributed by atoms with Crippen LogP contribution in [0.25, 0.3) is 11.0 Å². The van der Waals surface area contributed by atoms with E-state index in [4.69, 9.17) is 25.5 Å². The minimum absolute atomic E-state index is 0.231. The number of furan rings is 1. The van der Waals surface area contributed by atoms with Crippen molar-refractivity contribution in [3.8, 4) is 11.5 Å². The summed E-state index contributed by atoms with van der Waals surface area (Å²) in [5, 5.41) is 4.19. The highest BCUT2D eigenvalue weighted by molar-refractivity contribution is 6.31. The molecule has 0 saturated carbocycles. The van der Waals surface area contributed by atoms with E-state index in [1.807, 2.05) is 6.07 Å². The van der Waals surface area contributed by atoms with Gasteiger partial charge in [-0.1, -0.05) is 11.6 Å². The Labute approximate surface area is 144 Å². The van der Waals surface area contributed by atoms with Gasteiger partial charge >= 0.3 is 0 Å². The monoisotopic (exact) mass is 345 g/mol. The summed E-state index contributed by atoms with van der Waals surface area (Å²) in [5.74, 6) is 1.28. The molecule has 0 radical (unpaired) electrons. The third-order valence-corrected chi connectivity index (χ3v) is 3.86. The minimum Gasteiger partial charge on any atom is -0.497 e. The summed E-state index contributed by atoms with van der Waals surface area (Å²) >= 11 is 5.94. The summed E-state index contributed by atoms with van der Waals surface area (Å²) in [4.78, 5) is 12.3. The molecule has 1 aromatic heterocycles. The number of benzene rings is 2. The number of nitrogens with one attached hydrogen (secondary N) is 1. The van der Waals surface area contributed by atoms with E-state index >= 15 is 0 Å².